The number of hydrogen-bond acceptors (Lipinski definition) is 3. The first-order valence-corrected chi connectivity index (χ1v) is 6.35. The fourth-order valence-electron chi connectivity index (χ4n) is 1.87. The molecular weight excluding hydrogens is 275 g/mol. The second-order valence-corrected chi connectivity index (χ2v) is 4.71. The van der Waals surface area contributed by atoms with Gasteiger partial charge in [-0.1, -0.05) is 12.1 Å². The summed E-state index contributed by atoms with van der Waals surface area (Å²) >= 11 is 0. The fourth-order valence-corrected chi connectivity index (χ4v) is 1.87. The largest absolute Gasteiger partial charge is 0.503 e. The molecule has 5 nitrogen and oxygen atoms in total. The van der Waals surface area contributed by atoms with E-state index in [0.717, 1.165) is 0 Å². The zero-order valence-corrected chi connectivity index (χ0v) is 11.5. The molecule has 2 N–H and O–H groups in total. The first-order chi connectivity index (χ1) is 9.95. The Kier molecular flexibility index (Phi) is 4.37. The summed E-state index contributed by atoms with van der Waals surface area (Å²) in [5.74, 6) is -0.917. The van der Waals surface area contributed by atoms with Crippen molar-refractivity contribution in [3.63, 3.8) is 0 Å². The molecular formula is C15H15FN2O3. The van der Waals surface area contributed by atoms with E-state index in [2.05, 4.69) is 5.32 Å². The molecule has 110 valence electrons. The maximum atomic E-state index is 12.8. The number of amides is 1. The van der Waals surface area contributed by atoms with Gasteiger partial charge in [0.2, 0.25) is 11.3 Å². The molecule has 0 aliphatic carbocycles. The highest BCUT2D eigenvalue weighted by atomic mass is 19.1. The average Bonchev–Trinajstić information content (AvgIpc) is 2.44. The molecule has 6 heteroatoms. The van der Waals surface area contributed by atoms with Crippen LogP contribution in [0.25, 0.3) is 0 Å². The summed E-state index contributed by atoms with van der Waals surface area (Å²) in [6.45, 7) is 0.173. The number of hydrogen-bond donors (Lipinski definition) is 2. The maximum Gasteiger partial charge on any atom is 0.224 e. The standard InChI is InChI=1S/C15H15FN2O3/c1-18-9-14(20)13(19)7-12(18)8-17-15(21)6-10-2-4-11(16)5-3-10/h2-5,7,9,20H,6,8H2,1H3,(H,17,21). The molecule has 0 fully saturated rings. The van der Waals surface area contributed by atoms with Gasteiger partial charge in [-0.2, -0.15) is 0 Å². The van der Waals surface area contributed by atoms with Crippen LogP contribution >= 0.6 is 0 Å². The Labute approximate surface area is 120 Å². The van der Waals surface area contributed by atoms with Gasteiger partial charge in [-0.15, -0.1) is 0 Å². The van der Waals surface area contributed by atoms with Crippen LogP contribution in [0.2, 0.25) is 0 Å². The summed E-state index contributed by atoms with van der Waals surface area (Å²) in [7, 11) is 1.67. The van der Waals surface area contributed by atoms with Crippen LogP contribution in [0.3, 0.4) is 0 Å². The number of rotatable bonds is 4. The quantitative estimate of drug-likeness (QED) is 0.885. The van der Waals surface area contributed by atoms with Crippen molar-refractivity contribution in [2.75, 3.05) is 0 Å². The second-order valence-electron chi connectivity index (χ2n) is 4.71. The van der Waals surface area contributed by atoms with Gasteiger partial charge in [-0.3, -0.25) is 9.59 Å². The maximum absolute atomic E-state index is 12.8. The third-order valence-electron chi connectivity index (χ3n) is 3.06. The Morgan fingerprint density at radius 2 is 2.00 bits per heavy atom. The third kappa shape index (κ3) is 3.92. The molecule has 0 aliphatic heterocycles. The Morgan fingerprint density at radius 1 is 1.33 bits per heavy atom. The smallest absolute Gasteiger partial charge is 0.224 e. The molecule has 1 heterocycles. The van der Waals surface area contributed by atoms with Gasteiger partial charge in [0.15, 0.2) is 5.75 Å². The van der Waals surface area contributed by atoms with Crippen molar-refractivity contribution < 1.29 is 14.3 Å². The van der Waals surface area contributed by atoms with E-state index in [0.29, 0.717) is 11.3 Å². The monoisotopic (exact) mass is 290 g/mol. The van der Waals surface area contributed by atoms with Crippen molar-refractivity contribution >= 4 is 5.91 Å². The normalized spacial score (nSPS) is 10.4. The van der Waals surface area contributed by atoms with Crippen molar-refractivity contribution in [1.29, 1.82) is 0 Å². The van der Waals surface area contributed by atoms with Gasteiger partial charge in [0, 0.05) is 25.0 Å². The number of nitrogens with one attached hydrogen (secondary N) is 1. The van der Waals surface area contributed by atoms with Gasteiger partial charge in [-0.25, -0.2) is 4.39 Å². The fraction of sp³-hybridized carbons (Fsp3) is 0.200. The van der Waals surface area contributed by atoms with Gasteiger partial charge < -0.3 is 15.0 Å². The van der Waals surface area contributed by atoms with E-state index in [4.69, 9.17) is 0 Å². The summed E-state index contributed by atoms with van der Waals surface area (Å²) in [6.07, 6.45) is 1.43. The van der Waals surface area contributed by atoms with E-state index in [1.165, 1.54) is 24.4 Å². The SMILES string of the molecule is Cn1cc(O)c(=O)cc1CNC(=O)Cc1ccc(F)cc1. The van der Waals surface area contributed by atoms with Crippen molar-refractivity contribution in [1.82, 2.24) is 9.88 Å². The lowest BCUT2D eigenvalue weighted by Gasteiger charge is -2.10. The van der Waals surface area contributed by atoms with Crippen LogP contribution in [-0.4, -0.2) is 15.6 Å². The summed E-state index contributed by atoms with van der Waals surface area (Å²) in [4.78, 5) is 23.1. The number of carbonyl (C=O) groups is 1. The molecule has 0 radical (unpaired) electrons. The minimum Gasteiger partial charge on any atom is -0.503 e. The van der Waals surface area contributed by atoms with Gasteiger partial charge >= 0.3 is 0 Å². The van der Waals surface area contributed by atoms with Crippen LogP contribution in [-0.2, 0) is 24.8 Å². The average molecular weight is 290 g/mol. The number of pyridine rings is 1. The molecule has 1 aromatic heterocycles. The van der Waals surface area contributed by atoms with E-state index in [-0.39, 0.29) is 30.4 Å². The first kappa shape index (κ1) is 14.8. The highest BCUT2D eigenvalue weighted by Crippen LogP contribution is 2.05. The zero-order valence-electron chi connectivity index (χ0n) is 11.5. The Balaban J connectivity index is 1.97. The van der Waals surface area contributed by atoms with Gasteiger partial charge in [0.1, 0.15) is 5.82 Å². The molecule has 1 amide bonds. The molecule has 21 heavy (non-hydrogen) atoms. The highest BCUT2D eigenvalue weighted by molar-refractivity contribution is 5.78. The summed E-state index contributed by atoms with van der Waals surface area (Å²) in [5.41, 5.74) is 0.787. The lowest BCUT2D eigenvalue weighted by atomic mass is 10.1. The molecule has 0 saturated heterocycles. The Bertz CT molecular complexity index is 708. The summed E-state index contributed by atoms with van der Waals surface area (Å²) in [6, 6.07) is 6.96. The lowest BCUT2D eigenvalue weighted by molar-refractivity contribution is -0.120. The van der Waals surface area contributed by atoms with Crippen molar-refractivity contribution in [2.24, 2.45) is 7.05 Å². The van der Waals surface area contributed by atoms with E-state index >= 15 is 0 Å². The van der Waals surface area contributed by atoms with Gasteiger partial charge in [-0.05, 0) is 17.7 Å². The van der Waals surface area contributed by atoms with E-state index in [1.54, 1.807) is 23.7 Å². The summed E-state index contributed by atoms with van der Waals surface area (Å²) < 4.78 is 14.3. The van der Waals surface area contributed by atoms with Crippen LogP contribution in [0.1, 0.15) is 11.3 Å². The molecule has 2 rings (SSSR count). The molecule has 0 aliphatic rings. The van der Waals surface area contributed by atoms with Gasteiger partial charge in [0.25, 0.3) is 0 Å². The number of nitrogens with zero attached hydrogens (tertiary/aromatic N) is 1. The molecule has 1 aromatic carbocycles. The molecule has 0 saturated carbocycles. The Hall–Kier alpha value is -2.63. The first-order valence-electron chi connectivity index (χ1n) is 6.35. The van der Waals surface area contributed by atoms with Crippen molar-refractivity contribution in [3.8, 4) is 5.75 Å². The van der Waals surface area contributed by atoms with Crippen LogP contribution in [0.15, 0.2) is 41.3 Å². The predicted molar refractivity (Wildman–Crippen MR) is 75.3 cm³/mol. The molecule has 0 atom stereocenters. The molecule has 2 aromatic rings. The van der Waals surface area contributed by atoms with Crippen molar-refractivity contribution in [2.45, 2.75) is 13.0 Å². The van der Waals surface area contributed by atoms with E-state index < -0.39 is 5.43 Å². The minimum atomic E-state index is -0.490. The minimum absolute atomic E-state index is 0.131. The molecule has 0 unspecified atom stereocenters. The zero-order chi connectivity index (χ0) is 15.4. The second kappa shape index (κ2) is 6.21. The van der Waals surface area contributed by atoms with E-state index in [9.17, 15) is 19.1 Å². The van der Waals surface area contributed by atoms with Crippen molar-refractivity contribution in [3.05, 3.63) is 63.8 Å². The van der Waals surface area contributed by atoms with Crippen LogP contribution < -0.4 is 10.7 Å². The lowest BCUT2D eigenvalue weighted by Crippen LogP contribution is -2.26. The predicted octanol–water partition coefficient (Wildman–Crippen LogP) is 1.09. The van der Waals surface area contributed by atoms with E-state index in [1.807, 2.05) is 0 Å². The number of halogens is 1. The topological polar surface area (TPSA) is 71.3 Å². The van der Waals surface area contributed by atoms with Crippen LogP contribution in [0.4, 0.5) is 4.39 Å². The number of aromatic nitrogens is 1. The van der Waals surface area contributed by atoms with Crippen LogP contribution in [0.5, 0.6) is 5.75 Å². The molecule has 0 spiro atoms. The summed E-state index contributed by atoms with van der Waals surface area (Å²) in [5, 5.41) is 11.9. The third-order valence-corrected chi connectivity index (χ3v) is 3.06. The number of aryl methyl sites for hydroxylation is 1. The number of benzene rings is 1. The van der Waals surface area contributed by atoms with Gasteiger partial charge in [0.05, 0.1) is 13.0 Å². The number of carbonyl (C=O) groups excluding carboxylic acids is 1. The molecule has 0 bridgehead atoms. The van der Waals surface area contributed by atoms with Crippen LogP contribution in [0, 0.1) is 5.82 Å². The highest BCUT2D eigenvalue weighted by Gasteiger charge is 2.07. The Morgan fingerprint density at radius 3 is 2.67 bits per heavy atom. The number of aromatic hydroxyl groups is 1.